The lowest BCUT2D eigenvalue weighted by atomic mass is 10.1. The largest absolute Gasteiger partial charge is 0.380 e. The molecule has 1 atom stereocenters. The van der Waals surface area contributed by atoms with E-state index < -0.39 is 15.9 Å². The van der Waals surface area contributed by atoms with Crippen molar-refractivity contribution >= 4 is 49.1 Å². The third-order valence-electron chi connectivity index (χ3n) is 5.96. The van der Waals surface area contributed by atoms with Crippen molar-refractivity contribution < 1.29 is 17.9 Å². The summed E-state index contributed by atoms with van der Waals surface area (Å²) in [5, 5.41) is 0.584. The SMILES string of the molecule is CCOCCn1c(=NC(=O)c2ccc(S(=O)(=O)N3CCCCC3C)cc2)sc2cccc(Cl)c21. The van der Waals surface area contributed by atoms with Crippen molar-refractivity contribution in [3.05, 3.63) is 57.9 Å². The molecule has 2 heterocycles. The molecule has 0 spiro atoms. The molecule has 1 saturated heterocycles. The number of halogens is 1. The van der Waals surface area contributed by atoms with Crippen LogP contribution in [-0.2, 0) is 21.3 Å². The molecule has 182 valence electrons. The van der Waals surface area contributed by atoms with Crippen molar-refractivity contribution in [3.63, 3.8) is 0 Å². The van der Waals surface area contributed by atoms with Gasteiger partial charge in [0, 0.05) is 31.3 Å². The van der Waals surface area contributed by atoms with E-state index in [-0.39, 0.29) is 10.9 Å². The van der Waals surface area contributed by atoms with Gasteiger partial charge in [0.2, 0.25) is 10.0 Å². The van der Waals surface area contributed by atoms with Crippen LogP contribution in [0.4, 0.5) is 0 Å². The molecule has 0 bridgehead atoms. The summed E-state index contributed by atoms with van der Waals surface area (Å²) in [6.07, 6.45) is 2.76. The minimum Gasteiger partial charge on any atom is -0.380 e. The van der Waals surface area contributed by atoms with Crippen LogP contribution in [-0.4, -0.2) is 49.0 Å². The summed E-state index contributed by atoms with van der Waals surface area (Å²) in [5.41, 5.74) is 1.14. The van der Waals surface area contributed by atoms with E-state index >= 15 is 0 Å². The van der Waals surface area contributed by atoms with E-state index in [1.165, 1.54) is 35.6 Å². The number of fused-ring (bicyclic) bond motifs is 1. The highest BCUT2D eigenvalue weighted by atomic mass is 35.5. The molecule has 1 aromatic heterocycles. The smallest absolute Gasteiger partial charge is 0.279 e. The summed E-state index contributed by atoms with van der Waals surface area (Å²) in [7, 11) is -3.59. The first-order valence-electron chi connectivity index (χ1n) is 11.4. The molecule has 1 unspecified atom stereocenters. The third kappa shape index (κ3) is 5.13. The Morgan fingerprint density at radius 2 is 1.97 bits per heavy atom. The minimum absolute atomic E-state index is 0.0259. The van der Waals surface area contributed by atoms with Gasteiger partial charge in [-0.1, -0.05) is 35.4 Å². The minimum atomic E-state index is -3.59. The molecule has 0 N–H and O–H groups in total. The predicted molar refractivity (Wildman–Crippen MR) is 135 cm³/mol. The normalized spacial score (nSPS) is 18.0. The van der Waals surface area contributed by atoms with E-state index in [9.17, 15) is 13.2 Å². The molecule has 10 heteroatoms. The number of nitrogens with zero attached hydrogens (tertiary/aromatic N) is 3. The number of piperidine rings is 1. The van der Waals surface area contributed by atoms with Gasteiger partial charge < -0.3 is 9.30 Å². The van der Waals surface area contributed by atoms with Gasteiger partial charge in [0.15, 0.2) is 4.80 Å². The van der Waals surface area contributed by atoms with Crippen molar-refractivity contribution in [2.45, 2.75) is 50.6 Å². The van der Waals surface area contributed by atoms with Crippen LogP contribution in [0.5, 0.6) is 0 Å². The highest BCUT2D eigenvalue weighted by Gasteiger charge is 2.30. The van der Waals surface area contributed by atoms with Crippen molar-refractivity contribution in [2.24, 2.45) is 4.99 Å². The lowest BCUT2D eigenvalue weighted by Gasteiger charge is -2.32. The summed E-state index contributed by atoms with van der Waals surface area (Å²) in [6, 6.07) is 11.6. The van der Waals surface area contributed by atoms with Crippen LogP contribution in [0.3, 0.4) is 0 Å². The zero-order valence-electron chi connectivity index (χ0n) is 19.2. The number of rotatable bonds is 7. The highest BCUT2D eigenvalue weighted by molar-refractivity contribution is 7.89. The topological polar surface area (TPSA) is 81.0 Å². The van der Waals surface area contributed by atoms with Gasteiger partial charge >= 0.3 is 0 Å². The Kier molecular flexibility index (Phi) is 7.89. The van der Waals surface area contributed by atoms with Crippen molar-refractivity contribution in [1.82, 2.24) is 8.87 Å². The monoisotopic (exact) mass is 521 g/mol. The fraction of sp³-hybridized carbons (Fsp3) is 0.417. The van der Waals surface area contributed by atoms with Crippen LogP contribution < -0.4 is 4.80 Å². The number of hydrogen-bond acceptors (Lipinski definition) is 5. The maximum Gasteiger partial charge on any atom is 0.279 e. The molecule has 2 aromatic carbocycles. The molecular formula is C24H28ClN3O4S2. The quantitative estimate of drug-likeness (QED) is 0.422. The number of sulfonamides is 1. The Bertz CT molecular complexity index is 1350. The maximum absolute atomic E-state index is 13.1. The average molecular weight is 522 g/mol. The fourth-order valence-corrected chi connectivity index (χ4v) is 7.28. The van der Waals surface area contributed by atoms with Gasteiger partial charge in [0.1, 0.15) is 0 Å². The van der Waals surface area contributed by atoms with E-state index in [0.29, 0.717) is 41.7 Å². The van der Waals surface area contributed by atoms with Gasteiger partial charge in [-0.2, -0.15) is 9.30 Å². The summed E-state index contributed by atoms with van der Waals surface area (Å²) >= 11 is 7.81. The van der Waals surface area contributed by atoms with Gasteiger partial charge in [0.05, 0.1) is 26.7 Å². The fourth-order valence-electron chi connectivity index (χ4n) is 4.16. The Balaban J connectivity index is 1.64. The lowest BCUT2D eigenvalue weighted by Crippen LogP contribution is -2.41. The summed E-state index contributed by atoms with van der Waals surface area (Å²) in [6.45, 7) is 5.95. The molecule has 1 amide bonds. The number of benzene rings is 2. The van der Waals surface area contributed by atoms with Gasteiger partial charge in [-0.3, -0.25) is 4.79 Å². The van der Waals surface area contributed by atoms with Crippen molar-refractivity contribution in [3.8, 4) is 0 Å². The zero-order chi connectivity index (χ0) is 24.3. The molecule has 0 radical (unpaired) electrons. The second-order valence-corrected chi connectivity index (χ2v) is 11.5. The molecule has 1 aliphatic rings. The Hall–Kier alpha value is -2.04. The summed E-state index contributed by atoms with van der Waals surface area (Å²) in [5.74, 6) is -0.442. The van der Waals surface area contributed by atoms with Crippen LogP contribution >= 0.6 is 22.9 Å². The van der Waals surface area contributed by atoms with Crippen LogP contribution in [0, 0.1) is 0 Å². The molecule has 1 aliphatic heterocycles. The molecule has 3 aromatic rings. The van der Waals surface area contributed by atoms with E-state index in [4.69, 9.17) is 16.3 Å². The number of carbonyl (C=O) groups is 1. The molecule has 0 saturated carbocycles. The first-order chi connectivity index (χ1) is 16.3. The first kappa shape index (κ1) is 25.1. The Morgan fingerprint density at radius 3 is 2.68 bits per heavy atom. The van der Waals surface area contributed by atoms with Crippen molar-refractivity contribution in [2.75, 3.05) is 19.8 Å². The van der Waals surface area contributed by atoms with Gasteiger partial charge in [-0.15, -0.1) is 0 Å². The lowest BCUT2D eigenvalue weighted by molar-refractivity contribution is 0.0996. The molecule has 0 aliphatic carbocycles. The molecule has 1 fully saturated rings. The molecule has 7 nitrogen and oxygen atoms in total. The second kappa shape index (κ2) is 10.7. The number of carbonyl (C=O) groups excluding carboxylic acids is 1. The number of para-hydroxylation sites is 1. The van der Waals surface area contributed by atoms with E-state index in [2.05, 4.69) is 4.99 Å². The Morgan fingerprint density at radius 1 is 1.21 bits per heavy atom. The Labute approximate surface area is 208 Å². The highest BCUT2D eigenvalue weighted by Crippen LogP contribution is 2.26. The number of aromatic nitrogens is 1. The molecular weight excluding hydrogens is 494 g/mol. The first-order valence-corrected chi connectivity index (χ1v) is 14.0. The van der Waals surface area contributed by atoms with Crippen LogP contribution in [0.15, 0.2) is 52.4 Å². The number of hydrogen-bond donors (Lipinski definition) is 0. The number of amides is 1. The number of ether oxygens (including phenoxy) is 1. The van der Waals surface area contributed by atoms with Gasteiger partial charge in [-0.05, 0) is 63.1 Å². The van der Waals surface area contributed by atoms with Crippen molar-refractivity contribution in [1.29, 1.82) is 0 Å². The predicted octanol–water partition coefficient (Wildman–Crippen LogP) is 4.70. The standard InChI is InChI=1S/C24H28ClN3O4S2/c1-3-32-16-15-27-22-20(25)8-6-9-21(22)33-24(27)26-23(29)18-10-12-19(13-11-18)34(30,31)28-14-5-4-7-17(28)2/h6,8-13,17H,3-5,7,14-16H2,1-2H3. The zero-order valence-corrected chi connectivity index (χ0v) is 21.6. The van der Waals surface area contributed by atoms with Crippen LogP contribution in [0.25, 0.3) is 10.2 Å². The van der Waals surface area contributed by atoms with Crippen LogP contribution in [0.2, 0.25) is 5.02 Å². The average Bonchev–Trinajstić information content (AvgIpc) is 3.17. The molecule has 34 heavy (non-hydrogen) atoms. The third-order valence-corrected chi connectivity index (χ3v) is 9.34. The second-order valence-electron chi connectivity index (χ2n) is 8.22. The number of thiazole rings is 1. The van der Waals surface area contributed by atoms with Gasteiger partial charge in [0.25, 0.3) is 5.91 Å². The summed E-state index contributed by atoms with van der Waals surface area (Å²) < 4.78 is 36.0. The van der Waals surface area contributed by atoms with Crippen LogP contribution in [0.1, 0.15) is 43.5 Å². The maximum atomic E-state index is 13.1. The van der Waals surface area contributed by atoms with E-state index in [1.54, 1.807) is 4.31 Å². The summed E-state index contributed by atoms with van der Waals surface area (Å²) in [4.78, 5) is 18.0. The van der Waals surface area contributed by atoms with E-state index in [1.807, 2.05) is 36.6 Å². The van der Waals surface area contributed by atoms with E-state index in [0.717, 1.165) is 29.5 Å². The van der Waals surface area contributed by atoms with Gasteiger partial charge in [-0.25, -0.2) is 8.42 Å². The molecule has 4 rings (SSSR count).